The van der Waals surface area contributed by atoms with Crippen LogP contribution in [0.3, 0.4) is 0 Å². The van der Waals surface area contributed by atoms with E-state index >= 15 is 0 Å². The van der Waals surface area contributed by atoms with Crippen LogP contribution in [0.2, 0.25) is 0 Å². The van der Waals surface area contributed by atoms with Crippen LogP contribution < -0.4 is 10.6 Å². The molecule has 0 spiro atoms. The summed E-state index contributed by atoms with van der Waals surface area (Å²) in [6, 6.07) is 10.7. The van der Waals surface area contributed by atoms with Gasteiger partial charge in [0, 0.05) is 26.1 Å². The molecule has 7 heteroatoms. The van der Waals surface area contributed by atoms with Crippen LogP contribution in [0, 0.1) is 0 Å². The number of hydrogen-bond acceptors (Lipinski definition) is 3. The Kier molecular flexibility index (Phi) is 8.01. The average molecular weight is 428 g/mol. The number of hydrogen-bond donors (Lipinski definition) is 2. The van der Waals surface area contributed by atoms with Gasteiger partial charge in [-0.05, 0) is 12.5 Å². The standard InChI is InChI=1S/C16H24N6.HI/c1-12(14-8-6-5-7-9-14)13(2)21-16(17-3)18-10-15-19-11-20-22(15)4;/h5-9,11-13H,10H2,1-4H3,(H2,17,18,21);1H. The number of aliphatic imine (C=N–C) groups is 1. The van der Waals surface area contributed by atoms with Crippen molar-refractivity contribution in [3.8, 4) is 0 Å². The predicted octanol–water partition coefficient (Wildman–Crippen LogP) is 2.29. The summed E-state index contributed by atoms with van der Waals surface area (Å²) in [7, 11) is 3.65. The third-order valence-corrected chi connectivity index (χ3v) is 3.88. The Morgan fingerprint density at radius 1 is 1.26 bits per heavy atom. The maximum atomic E-state index is 4.27. The van der Waals surface area contributed by atoms with E-state index in [0.29, 0.717) is 12.5 Å². The van der Waals surface area contributed by atoms with E-state index in [1.165, 1.54) is 5.56 Å². The number of nitrogens with one attached hydrogen (secondary N) is 2. The van der Waals surface area contributed by atoms with Gasteiger partial charge in [-0.3, -0.25) is 9.67 Å². The van der Waals surface area contributed by atoms with Gasteiger partial charge in [0.15, 0.2) is 5.96 Å². The van der Waals surface area contributed by atoms with Gasteiger partial charge in [0.1, 0.15) is 12.2 Å². The lowest BCUT2D eigenvalue weighted by Gasteiger charge is -2.24. The second-order valence-electron chi connectivity index (χ2n) is 5.36. The number of guanidine groups is 1. The minimum Gasteiger partial charge on any atom is -0.353 e. The van der Waals surface area contributed by atoms with Gasteiger partial charge in [0.05, 0.1) is 6.54 Å². The molecule has 1 aromatic carbocycles. The molecule has 0 saturated heterocycles. The molecule has 6 nitrogen and oxygen atoms in total. The first-order chi connectivity index (χ1) is 10.6. The minimum atomic E-state index is 0. The Morgan fingerprint density at radius 3 is 2.52 bits per heavy atom. The largest absolute Gasteiger partial charge is 0.353 e. The fourth-order valence-corrected chi connectivity index (χ4v) is 2.22. The molecule has 2 rings (SSSR count). The van der Waals surface area contributed by atoms with Crippen molar-refractivity contribution >= 4 is 29.9 Å². The highest BCUT2D eigenvalue weighted by molar-refractivity contribution is 14.0. The van der Waals surface area contributed by atoms with Crippen molar-refractivity contribution in [1.29, 1.82) is 0 Å². The van der Waals surface area contributed by atoms with Gasteiger partial charge in [-0.15, -0.1) is 24.0 Å². The fraction of sp³-hybridized carbons (Fsp3) is 0.438. The van der Waals surface area contributed by atoms with Crippen LogP contribution in [-0.2, 0) is 13.6 Å². The molecule has 2 unspecified atom stereocenters. The average Bonchev–Trinajstić information content (AvgIpc) is 2.96. The number of aryl methyl sites for hydroxylation is 1. The van der Waals surface area contributed by atoms with E-state index in [4.69, 9.17) is 0 Å². The van der Waals surface area contributed by atoms with Crippen molar-refractivity contribution in [3.63, 3.8) is 0 Å². The van der Waals surface area contributed by atoms with E-state index in [0.717, 1.165) is 11.8 Å². The van der Waals surface area contributed by atoms with Gasteiger partial charge in [-0.1, -0.05) is 37.3 Å². The second kappa shape index (κ2) is 9.49. The summed E-state index contributed by atoms with van der Waals surface area (Å²) in [5, 5.41) is 10.7. The van der Waals surface area contributed by atoms with Crippen LogP contribution in [0.1, 0.15) is 31.2 Å². The molecular formula is C16H25IN6. The summed E-state index contributed by atoms with van der Waals surface area (Å²) in [5.74, 6) is 2.01. The number of aromatic nitrogens is 3. The summed E-state index contributed by atoms with van der Waals surface area (Å²) in [4.78, 5) is 8.46. The van der Waals surface area contributed by atoms with Crippen LogP contribution >= 0.6 is 24.0 Å². The molecule has 126 valence electrons. The van der Waals surface area contributed by atoms with E-state index in [-0.39, 0.29) is 30.0 Å². The topological polar surface area (TPSA) is 67.1 Å². The van der Waals surface area contributed by atoms with Crippen LogP contribution in [0.25, 0.3) is 0 Å². The summed E-state index contributed by atoms with van der Waals surface area (Å²) in [6.07, 6.45) is 1.55. The molecule has 2 N–H and O–H groups in total. The Labute approximate surface area is 154 Å². The molecule has 0 saturated carbocycles. The van der Waals surface area contributed by atoms with Crippen molar-refractivity contribution in [1.82, 2.24) is 25.4 Å². The second-order valence-corrected chi connectivity index (χ2v) is 5.36. The van der Waals surface area contributed by atoms with E-state index < -0.39 is 0 Å². The molecule has 0 aliphatic rings. The first-order valence-electron chi connectivity index (χ1n) is 7.46. The maximum absolute atomic E-state index is 4.27. The molecule has 0 aliphatic carbocycles. The van der Waals surface area contributed by atoms with Crippen molar-refractivity contribution in [3.05, 3.63) is 48.0 Å². The fourth-order valence-electron chi connectivity index (χ4n) is 2.22. The molecule has 0 radical (unpaired) electrons. The van der Waals surface area contributed by atoms with Crippen molar-refractivity contribution in [2.75, 3.05) is 7.05 Å². The molecule has 1 heterocycles. The molecule has 0 amide bonds. The lowest BCUT2D eigenvalue weighted by Crippen LogP contribution is -2.44. The zero-order chi connectivity index (χ0) is 15.9. The number of nitrogens with zero attached hydrogens (tertiary/aromatic N) is 4. The van der Waals surface area contributed by atoms with Gasteiger partial charge >= 0.3 is 0 Å². The van der Waals surface area contributed by atoms with E-state index in [1.54, 1.807) is 18.1 Å². The quantitative estimate of drug-likeness (QED) is 0.436. The van der Waals surface area contributed by atoms with E-state index in [1.807, 2.05) is 13.1 Å². The first kappa shape index (κ1) is 19.4. The number of benzene rings is 1. The number of rotatable bonds is 5. The SMILES string of the molecule is CN=C(NCc1ncnn1C)NC(C)C(C)c1ccccc1.I. The monoisotopic (exact) mass is 428 g/mol. The van der Waals surface area contributed by atoms with Crippen LogP contribution in [0.15, 0.2) is 41.7 Å². The Bertz CT molecular complexity index is 610. The third-order valence-electron chi connectivity index (χ3n) is 3.88. The number of halogens is 1. The smallest absolute Gasteiger partial charge is 0.191 e. The summed E-state index contributed by atoms with van der Waals surface area (Å²) in [6.45, 7) is 4.96. The van der Waals surface area contributed by atoms with E-state index in [9.17, 15) is 0 Å². The van der Waals surface area contributed by atoms with E-state index in [2.05, 4.69) is 63.8 Å². The highest BCUT2D eigenvalue weighted by Crippen LogP contribution is 2.18. The van der Waals surface area contributed by atoms with Crippen LogP contribution in [-0.4, -0.2) is 33.8 Å². The molecule has 0 aliphatic heterocycles. The molecule has 1 aromatic heterocycles. The zero-order valence-electron chi connectivity index (χ0n) is 14.0. The summed E-state index contributed by atoms with van der Waals surface area (Å²) in [5.41, 5.74) is 1.31. The maximum Gasteiger partial charge on any atom is 0.191 e. The van der Waals surface area contributed by atoms with Crippen molar-refractivity contribution in [2.24, 2.45) is 12.0 Å². The Morgan fingerprint density at radius 2 is 1.96 bits per heavy atom. The lowest BCUT2D eigenvalue weighted by atomic mass is 9.94. The van der Waals surface area contributed by atoms with Crippen molar-refractivity contribution < 1.29 is 0 Å². The molecular weight excluding hydrogens is 403 g/mol. The minimum absolute atomic E-state index is 0. The zero-order valence-corrected chi connectivity index (χ0v) is 16.4. The molecule has 2 aromatic rings. The van der Waals surface area contributed by atoms with Crippen molar-refractivity contribution in [2.45, 2.75) is 32.4 Å². The summed E-state index contributed by atoms with van der Waals surface area (Å²) >= 11 is 0. The Hall–Kier alpha value is -1.64. The normalized spacial score (nSPS) is 13.8. The highest BCUT2D eigenvalue weighted by atomic mass is 127. The highest BCUT2D eigenvalue weighted by Gasteiger charge is 2.15. The lowest BCUT2D eigenvalue weighted by molar-refractivity contribution is 0.548. The van der Waals surface area contributed by atoms with Gasteiger partial charge < -0.3 is 10.6 Å². The molecule has 0 bridgehead atoms. The third kappa shape index (κ3) is 5.49. The van der Waals surface area contributed by atoms with Gasteiger partial charge in [-0.2, -0.15) is 5.10 Å². The van der Waals surface area contributed by atoms with Crippen LogP contribution in [0.5, 0.6) is 0 Å². The van der Waals surface area contributed by atoms with Crippen LogP contribution in [0.4, 0.5) is 0 Å². The Balaban J connectivity index is 0.00000264. The van der Waals surface area contributed by atoms with Gasteiger partial charge in [-0.25, -0.2) is 4.98 Å². The van der Waals surface area contributed by atoms with Gasteiger partial charge in [0.2, 0.25) is 0 Å². The molecule has 0 fully saturated rings. The molecule has 2 atom stereocenters. The van der Waals surface area contributed by atoms with Gasteiger partial charge in [0.25, 0.3) is 0 Å². The predicted molar refractivity (Wildman–Crippen MR) is 104 cm³/mol. The first-order valence-corrected chi connectivity index (χ1v) is 7.46. The molecule has 23 heavy (non-hydrogen) atoms. The summed E-state index contributed by atoms with van der Waals surface area (Å²) < 4.78 is 1.75.